The van der Waals surface area contributed by atoms with Crippen molar-refractivity contribution in [2.45, 2.75) is 19.5 Å². The van der Waals surface area contributed by atoms with E-state index in [0.717, 1.165) is 11.1 Å². The van der Waals surface area contributed by atoms with Gasteiger partial charge in [0.25, 0.3) is 0 Å². The minimum atomic E-state index is -0.294. The van der Waals surface area contributed by atoms with Crippen molar-refractivity contribution in [1.82, 2.24) is 15.6 Å². The quantitative estimate of drug-likeness (QED) is 0.787. The smallest absolute Gasteiger partial charge is 0.229 e. The molecule has 0 radical (unpaired) electrons. The summed E-state index contributed by atoms with van der Waals surface area (Å²) >= 11 is 0. The van der Waals surface area contributed by atoms with Crippen LogP contribution in [0.2, 0.25) is 0 Å². The molecule has 2 rings (SSSR count). The Labute approximate surface area is 123 Å². The van der Waals surface area contributed by atoms with E-state index in [1.54, 1.807) is 12.4 Å². The molecular weight excluding hydrogens is 266 g/mol. The van der Waals surface area contributed by atoms with Crippen molar-refractivity contribution in [3.8, 4) is 0 Å². The minimum absolute atomic E-state index is 0.169. The van der Waals surface area contributed by atoms with Crippen molar-refractivity contribution < 1.29 is 9.59 Å². The van der Waals surface area contributed by atoms with Gasteiger partial charge in [-0.3, -0.25) is 14.6 Å². The third-order valence-corrected chi connectivity index (χ3v) is 2.89. The zero-order valence-electron chi connectivity index (χ0n) is 11.6. The largest absolute Gasteiger partial charge is 0.352 e. The maximum absolute atomic E-state index is 11.7. The van der Waals surface area contributed by atoms with Crippen molar-refractivity contribution in [1.29, 1.82) is 0 Å². The first-order valence-corrected chi connectivity index (χ1v) is 6.70. The Bertz CT molecular complexity index is 531. The number of carbonyl (C=O) groups is 2. The average Bonchev–Trinajstić information content (AvgIpc) is 2.53. The van der Waals surface area contributed by atoms with Gasteiger partial charge in [0.15, 0.2) is 0 Å². The fourth-order valence-corrected chi connectivity index (χ4v) is 1.77. The molecule has 2 aromatic rings. The van der Waals surface area contributed by atoms with Gasteiger partial charge in [-0.15, -0.1) is 0 Å². The second kappa shape index (κ2) is 7.79. The second-order valence-electron chi connectivity index (χ2n) is 4.57. The van der Waals surface area contributed by atoms with E-state index >= 15 is 0 Å². The summed E-state index contributed by atoms with van der Waals surface area (Å²) in [6, 6.07) is 13.2. The third kappa shape index (κ3) is 5.44. The average molecular weight is 283 g/mol. The van der Waals surface area contributed by atoms with E-state index in [9.17, 15) is 9.59 Å². The molecule has 1 aromatic carbocycles. The first kappa shape index (κ1) is 14.7. The zero-order chi connectivity index (χ0) is 14.9. The number of pyridine rings is 1. The monoisotopic (exact) mass is 283 g/mol. The van der Waals surface area contributed by atoms with Crippen molar-refractivity contribution in [2.24, 2.45) is 0 Å². The molecule has 5 nitrogen and oxygen atoms in total. The fourth-order valence-electron chi connectivity index (χ4n) is 1.77. The summed E-state index contributed by atoms with van der Waals surface area (Å²) in [7, 11) is 0. The van der Waals surface area contributed by atoms with Crippen LogP contribution in [0.15, 0.2) is 54.9 Å². The van der Waals surface area contributed by atoms with E-state index in [-0.39, 0.29) is 18.2 Å². The lowest BCUT2D eigenvalue weighted by atomic mass is 10.2. The van der Waals surface area contributed by atoms with Crippen molar-refractivity contribution >= 4 is 11.8 Å². The van der Waals surface area contributed by atoms with Crippen molar-refractivity contribution in [3.63, 3.8) is 0 Å². The van der Waals surface area contributed by atoms with Crippen LogP contribution < -0.4 is 10.6 Å². The van der Waals surface area contributed by atoms with Gasteiger partial charge >= 0.3 is 0 Å². The van der Waals surface area contributed by atoms with E-state index in [2.05, 4.69) is 15.6 Å². The van der Waals surface area contributed by atoms with Crippen LogP contribution in [0.4, 0.5) is 0 Å². The number of carbonyl (C=O) groups excluding carboxylic acids is 2. The highest BCUT2D eigenvalue weighted by atomic mass is 16.2. The highest BCUT2D eigenvalue weighted by Gasteiger charge is 2.08. The Balaban J connectivity index is 1.69. The van der Waals surface area contributed by atoms with Crippen LogP contribution in [-0.2, 0) is 22.7 Å². The summed E-state index contributed by atoms with van der Waals surface area (Å²) < 4.78 is 0. The molecule has 0 saturated carbocycles. The molecule has 0 aliphatic rings. The molecule has 0 bridgehead atoms. The van der Waals surface area contributed by atoms with E-state index in [4.69, 9.17) is 0 Å². The number of nitrogens with one attached hydrogen (secondary N) is 2. The Morgan fingerprint density at radius 1 is 0.810 bits per heavy atom. The van der Waals surface area contributed by atoms with Gasteiger partial charge in [0.2, 0.25) is 11.8 Å². The van der Waals surface area contributed by atoms with E-state index < -0.39 is 0 Å². The molecule has 1 heterocycles. The standard InChI is InChI=1S/C16H17N3O2/c20-15(18-11-13-4-2-1-3-5-13)10-16(21)19-12-14-6-8-17-9-7-14/h1-9H,10-12H2,(H,18,20)(H,19,21). The topological polar surface area (TPSA) is 71.1 Å². The molecular formula is C16H17N3O2. The van der Waals surface area contributed by atoms with Gasteiger partial charge < -0.3 is 10.6 Å². The predicted molar refractivity (Wildman–Crippen MR) is 79.0 cm³/mol. The minimum Gasteiger partial charge on any atom is -0.352 e. The number of benzene rings is 1. The number of aromatic nitrogens is 1. The number of hydrogen-bond donors (Lipinski definition) is 2. The molecule has 0 aliphatic heterocycles. The Kier molecular flexibility index (Phi) is 5.46. The molecule has 1 aromatic heterocycles. The molecule has 0 aliphatic carbocycles. The van der Waals surface area contributed by atoms with Gasteiger partial charge in [0.05, 0.1) is 0 Å². The first-order chi connectivity index (χ1) is 10.2. The van der Waals surface area contributed by atoms with Crippen LogP contribution in [-0.4, -0.2) is 16.8 Å². The third-order valence-electron chi connectivity index (χ3n) is 2.89. The molecule has 0 fully saturated rings. The molecule has 0 saturated heterocycles. The molecule has 0 unspecified atom stereocenters. The maximum Gasteiger partial charge on any atom is 0.229 e. The summed E-state index contributed by atoms with van der Waals surface area (Å²) in [5.74, 6) is -0.580. The lowest BCUT2D eigenvalue weighted by molar-refractivity contribution is -0.129. The normalized spacial score (nSPS) is 9.90. The SMILES string of the molecule is O=C(CC(=O)NCc1ccncc1)NCc1ccccc1. The molecule has 5 heteroatoms. The second-order valence-corrected chi connectivity index (χ2v) is 4.57. The Hall–Kier alpha value is -2.69. The van der Waals surface area contributed by atoms with Gasteiger partial charge in [-0.25, -0.2) is 0 Å². The van der Waals surface area contributed by atoms with Crippen LogP contribution >= 0.6 is 0 Å². The zero-order valence-corrected chi connectivity index (χ0v) is 11.6. The highest BCUT2D eigenvalue weighted by molar-refractivity contribution is 5.96. The van der Waals surface area contributed by atoms with Crippen LogP contribution in [0.25, 0.3) is 0 Å². The van der Waals surface area contributed by atoms with E-state index in [1.165, 1.54) is 0 Å². The number of hydrogen-bond acceptors (Lipinski definition) is 3. The molecule has 108 valence electrons. The Morgan fingerprint density at radius 3 is 1.90 bits per heavy atom. The van der Waals surface area contributed by atoms with Gasteiger partial charge in [0, 0.05) is 25.5 Å². The molecule has 0 atom stereocenters. The van der Waals surface area contributed by atoms with Gasteiger partial charge in [-0.2, -0.15) is 0 Å². The van der Waals surface area contributed by atoms with Crippen LogP contribution in [0, 0.1) is 0 Å². The number of amides is 2. The molecule has 2 amide bonds. The van der Waals surface area contributed by atoms with Crippen molar-refractivity contribution in [3.05, 3.63) is 66.0 Å². The molecule has 2 N–H and O–H groups in total. The fraction of sp³-hybridized carbons (Fsp3) is 0.188. The van der Waals surface area contributed by atoms with Gasteiger partial charge in [-0.05, 0) is 23.3 Å². The number of rotatable bonds is 6. The van der Waals surface area contributed by atoms with Crippen LogP contribution in [0.1, 0.15) is 17.5 Å². The lowest BCUT2D eigenvalue weighted by Gasteiger charge is -2.06. The highest BCUT2D eigenvalue weighted by Crippen LogP contribution is 1.98. The predicted octanol–water partition coefficient (Wildman–Crippen LogP) is 1.40. The van der Waals surface area contributed by atoms with E-state index in [1.807, 2.05) is 42.5 Å². The Morgan fingerprint density at radius 2 is 1.33 bits per heavy atom. The number of nitrogens with zero attached hydrogens (tertiary/aromatic N) is 1. The summed E-state index contributed by atoms with van der Waals surface area (Å²) in [5.41, 5.74) is 1.95. The van der Waals surface area contributed by atoms with Crippen LogP contribution in [0.5, 0.6) is 0 Å². The maximum atomic E-state index is 11.7. The van der Waals surface area contributed by atoms with Crippen LogP contribution in [0.3, 0.4) is 0 Å². The molecule has 0 spiro atoms. The summed E-state index contributed by atoms with van der Waals surface area (Å²) in [4.78, 5) is 27.2. The summed E-state index contributed by atoms with van der Waals surface area (Å²) in [5, 5.41) is 5.42. The molecule has 21 heavy (non-hydrogen) atoms. The lowest BCUT2D eigenvalue weighted by Crippen LogP contribution is -2.31. The van der Waals surface area contributed by atoms with Gasteiger partial charge in [-0.1, -0.05) is 30.3 Å². The summed E-state index contributed by atoms with van der Waals surface area (Å²) in [6.07, 6.45) is 3.15. The van der Waals surface area contributed by atoms with Crippen molar-refractivity contribution in [2.75, 3.05) is 0 Å². The summed E-state index contributed by atoms with van der Waals surface area (Å²) in [6.45, 7) is 0.824. The first-order valence-electron chi connectivity index (χ1n) is 6.70. The van der Waals surface area contributed by atoms with E-state index in [0.29, 0.717) is 13.1 Å². The van der Waals surface area contributed by atoms with Gasteiger partial charge in [0.1, 0.15) is 6.42 Å².